The molecule has 0 unspecified atom stereocenters. The van der Waals surface area contributed by atoms with Crippen LogP contribution in [0.25, 0.3) is 0 Å². The van der Waals surface area contributed by atoms with E-state index in [-0.39, 0.29) is 5.82 Å². The lowest BCUT2D eigenvalue weighted by atomic mass is 9.99. The highest BCUT2D eigenvalue weighted by Crippen LogP contribution is 2.31. The summed E-state index contributed by atoms with van der Waals surface area (Å²) >= 11 is 9.07. The highest BCUT2D eigenvalue weighted by molar-refractivity contribution is 9.10. The molecule has 0 atom stereocenters. The van der Waals surface area contributed by atoms with Gasteiger partial charge in [-0.15, -0.1) is 0 Å². The Morgan fingerprint density at radius 3 is 2.82 bits per heavy atom. The molecule has 5 heteroatoms. The summed E-state index contributed by atoms with van der Waals surface area (Å²) in [4.78, 5) is 0. The minimum Gasteiger partial charge on any atom is -0.492 e. The van der Waals surface area contributed by atoms with Crippen LogP contribution in [0.3, 0.4) is 0 Å². The van der Waals surface area contributed by atoms with Gasteiger partial charge in [-0.1, -0.05) is 11.6 Å². The molecule has 94 valence electrons. The van der Waals surface area contributed by atoms with Crippen LogP contribution in [0.4, 0.5) is 4.39 Å². The average molecular weight is 323 g/mol. The van der Waals surface area contributed by atoms with E-state index in [0.29, 0.717) is 27.8 Å². The molecule has 1 fully saturated rings. The third-order valence-electron chi connectivity index (χ3n) is 2.91. The molecule has 1 heterocycles. The number of nitrogens with one attached hydrogen (secondary N) is 1. The van der Waals surface area contributed by atoms with Crippen molar-refractivity contribution in [2.75, 3.05) is 19.7 Å². The fourth-order valence-electron chi connectivity index (χ4n) is 1.87. The first-order chi connectivity index (χ1) is 8.16. The van der Waals surface area contributed by atoms with Gasteiger partial charge in [0.1, 0.15) is 11.6 Å². The fraction of sp³-hybridized carbons (Fsp3) is 0.500. The summed E-state index contributed by atoms with van der Waals surface area (Å²) in [5.41, 5.74) is 0. The van der Waals surface area contributed by atoms with E-state index in [9.17, 15) is 4.39 Å². The minimum absolute atomic E-state index is 0.352. The van der Waals surface area contributed by atoms with Crippen LogP contribution in [0.15, 0.2) is 16.6 Å². The summed E-state index contributed by atoms with van der Waals surface area (Å²) in [6.07, 6.45) is 2.19. The SMILES string of the molecule is Fc1cc(OCC2CCNCC2)c(Cl)cc1Br. The van der Waals surface area contributed by atoms with Crippen LogP contribution in [0.5, 0.6) is 5.75 Å². The van der Waals surface area contributed by atoms with Crippen LogP contribution in [0.2, 0.25) is 5.02 Å². The first-order valence-electron chi connectivity index (χ1n) is 5.65. The lowest BCUT2D eigenvalue weighted by Gasteiger charge is -2.22. The molecule has 2 nitrogen and oxygen atoms in total. The van der Waals surface area contributed by atoms with Gasteiger partial charge in [0.15, 0.2) is 0 Å². The Morgan fingerprint density at radius 2 is 2.12 bits per heavy atom. The van der Waals surface area contributed by atoms with Gasteiger partial charge in [0.05, 0.1) is 16.1 Å². The number of ether oxygens (including phenoxy) is 1. The molecule has 1 aliphatic heterocycles. The third kappa shape index (κ3) is 3.57. The molecule has 1 aromatic rings. The number of piperidine rings is 1. The quantitative estimate of drug-likeness (QED) is 0.858. The minimum atomic E-state index is -0.352. The normalized spacial score (nSPS) is 17.1. The number of hydrogen-bond donors (Lipinski definition) is 1. The van der Waals surface area contributed by atoms with Gasteiger partial charge in [0.2, 0.25) is 0 Å². The van der Waals surface area contributed by atoms with Crippen LogP contribution in [-0.4, -0.2) is 19.7 Å². The predicted octanol–water partition coefficient (Wildman–Crippen LogP) is 3.62. The molecule has 0 spiro atoms. The molecule has 17 heavy (non-hydrogen) atoms. The topological polar surface area (TPSA) is 21.3 Å². The van der Waals surface area contributed by atoms with Crippen molar-refractivity contribution in [2.45, 2.75) is 12.8 Å². The molecular formula is C12H14BrClFNO. The molecule has 0 bridgehead atoms. The van der Waals surface area contributed by atoms with Crippen molar-refractivity contribution in [3.8, 4) is 5.75 Å². The summed E-state index contributed by atoms with van der Waals surface area (Å²) < 4.78 is 19.3. The molecular weight excluding hydrogens is 308 g/mol. The first-order valence-corrected chi connectivity index (χ1v) is 6.82. The standard InChI is InChI=1S/C12H14BrClFNO/c13-9-5-10(14)12(6-11(9)15)17-7-8-1-3-16-4-2-8/h5-6,8,16H,1-4,7H2. The highest BCUT2D eigenvalue weighted by Gasteiger charge is 2.15. The van der Waals surface area contributed by atoms with Gasteiger partial charge in [0.25, 0.3) is 0 Å². The summed E-state index contributed by atoms with van der Waals surface area (Å²) in [5.74, 6) is 0.597. The molecule has 0 saturated carbocycles. The largest absolute Gasteiger partial charge is 0.492 e. The van der Waals surface area contributed by atoms with E-state index < -0.39 is 0 Å². The maximum absolute atomic E-state index is 13.3. The molecule has 1 aromatic carbocycles. The van der Waals surface area contributed by atoms with Crippen LogP contribution in [0, 0.1) is 11.7 Å². The van der Waals surface area contributed by atoms with E-state index >= 15 is 0 Å². The second-order valence-corrected chi connectivity index (χ2v) is 5.46. The van der Waals surface area contributed by atoms with Gasteiger partial charge in [-0.2, -0.15) is 0 Å². The van der Waals surface area contributed by atoms with Crippen molar-refractivity contribution in [1.29, 1.82) is 0 Å². The average Bonchev–Trinajstić information content (AvgIpc) is 2.33. The second-order valence-electron chi connectivity index (χ2n) is 4.20. The monoisotopic (exact) mass is 321 g/mol. The molecule has 0 aliphatic carbocycles. The lowest BCUT2D eigenvalue weighted by molar-refractivity contribution is 0.214. The number of hydrogen-bond acceptors (Lipinski definition) is 2. The Morgan fingerprint density at radius 1 is 1.41 bits per heavy atom. The summed E-state index contributed by atoms with van der Waals surface area (Å²) in [6, 6.07) is 2.85. The fourth-order valence-corrected chi connectivity index (χ4v) is 2.56. The zero-order valence-corrected chi connectivity index (χ0v) is 11.7. The Labute approximate surface area is 114 Å². The van der Waals surface area contributed by atoms with E-state index in [2.05, 4.69) is 21.2 Å². The summed E-state index contributed by atoms with van der Waals surface area (Å²) in [6.45, 7) is 2.65. The van der Waals surface area contributed by atoms with Crippen LogP contribution in [0.1, 0.15) is 12.8 Å². The van der Waals surface area contributed by atoms with Gasteiger partial charge >= 0.3 is 0 Å². The van der Waals surface area contributed by atoms with Crippen LogP contribution < -0.4 is 10.1 Å². The Kier molecular flexibility index (Phi) is 4.65. The third-order valence-corrected chi connectivity index (χ3v) is 3.81. The maximum Gasteiger partial charge on any atom is 0.141 e. The number of rotatable bonds is 3. The Hall–Kier alpha value is -0.320. The summed E-state index contributed by atoms with van der Waals surface area (Å²) in [5, 5.41) is 3.73. The predicted molar refractivity (Wildman–Crippen MR) is 70.2 cm³/mol. The number of halogens is 3. The van der Waals surface area contributed by atoms with Gasteiger partial charge in [-0.05, 0) is 53.8 Å². The van der Waals surface area contributed by atoms with Gasteiger partial charge < -0.3 is 10.1 Å². The van der Waals surface area contributed by atoms with E-state index in [0.717, 1.165) is 25.9 Å². The van der Waals surface area contributed by atoms with Crippen LogP contribution in [-0.2, 0) is 0 Å². The Bertz CT molecular complexity index is 396. The zero-order chi connectivity index (χ0) is 12.3. The van der Waals surface area contributed by atoms with Gasteiger partial charge in [0, 0.05) is 6.07 Å². The first kappa shape index (κ1) is 13.1. The molecule has 1 aliphatic rings. The van der Waals surface area contributed by atoms with E-state index in [1.165, 1.54) is 12.1 Å². The van der Waals surface area contributed by atoms with Gasteiger partial charge in [-0.3, -0.25) is 0 Å². The van der Waals surface area contributed by atoms with Crippen molar-refractivity contribution in [3.05, 3.63) is 27.4 Å². The molecule has 1 N–H and O–H groups in total. The molecule has 0 amide bonds. The van der Waals surface area contributed by atoms with Crippen molar-refractivity contribution >= 4 is 27.5 Å². The van der Waals surface area contributed by atoms with Crippen molar-refractivity contribution in [1.82, 2.24) is 5.32 Å². The number of benzene rings is 1. The lowest BCUT2D eigenvalue weighted by Crippen LogP contribution is -2.30. The summed E-state index contributed by atoms with van der Waals surface area (Å²) in [7, 11) is 0. The van der Waals surface area contributed by atoms with E-state index in [1.54, 1.807) is 0 Å². The molecule has 1 saturated heterocycles. The Balaban J connectivity index is 1.96. The zero-order valence-electron chi connectivity index (χ0n) is 9.31. The molecule has 0 radical (unpaired) electrons. The van der Waals surface area contributed by atoms with Crippen LogP contribution >= 0.6 is 27.5 Å². The highest BCUT2D eigenvalue weighted by atomic mass is 79.9. The van der Waals surface area contributed by atoms with Crippen molar-refractivity contribution in [2.24, 2.45) is 5.92 Å². The molecule has 2 rings (SSSR count). The van der Waals surface area contributed by atoms with Gasteiger partial charge in [-0.25, -0.2) is 4.39 Å². The van der Waals surface area contributed by atoms with E-state index in [4.69, 9.17) is 16.3 Å². The van der Waals surface area contributed by atoms with Crippen molar-refractivity contribution < 1.29 is 9.13 Å². The van der Waals surface area contributed by atoms with Crippen molar-refractivity contribution in [3.63, 3.8) is 0 Å². The smallest absolute Gasteiger partial charge is 0.141 e. The maximum atomic E-state index is 13.3. The second kappa shape index (κ2) is 6.03. The van der Waals surface area contributed by atoms with E-state index in [1.807, 2.05) is 0 Å². The molecule has 0 aromatic heterocycles.